The number of rotatable bonds is 7. The number of amidine groups is 1. The number of thioether (sulfide) groups is 1. The Morgan fingerprint density at radius 1 is 1.17 bits per heavy atom. The monoisotopic (exact) mass is 460 g/mol. The minimum atomic E-state index is -0.296. The smallest absolute Gasteiger partial charge is 0.242 e. The zero-order valence-electron chi connectivity index (χ0n) is 16.8. The Balaban J connectivity index is 1.74. The fraction of sp³-hybridized carbons (Fsp3) is 0.227. The summed E-state index contributed by atoms with van der Waals surface area (Å²) in [7, 11) is 3.98. The maximum atomic E-state index is 12.9. The van der Waals surface area contributed by atoms with Crippen LogP contribution in [0.3, 0.4) is 0 Å². The Hall–Kier alpha value is -2.28. The van der Waals surface area contributed by atoms with Gasteiger partial charge >= 0.3 is 0 Å². The summed E-state index contributed by atoms with van der Waals surface area (Å²) < 4.78 is 0. The average molecular weight is 461 g/mol. The molecule has 0 radical (unpaired) electrons. The molecule has 0 aliphatic carbocycles. The summed E-state index contributed by atoms with van der Waals surface area (Å²) in [6.07, 6.45) is 3.89. The fourth-order valence-corrected chi connectivity index (χ4v) is 4.36. The standard InChI is InChI=1S/C22H22Cl2N4OS/c1-4-11-28-21(29)20(13-16-7-10-18(23)19(24)12-16)30-22(28)26-25-14-15-5-8-17(9-6-15)27(2)3/h4-10,12,14,20H,1,11,13H2,2-3H3/b25-14-,26-22+/t20-/m0/s1. The molecule has 1 heterocycles. The SMILES string of the molecule is C=CCN1C(=O)[C@H](Cc2ccc(Cl)c(Cl)c2)S/C1=N/N=C\c1ccc(N(C)C)cc1. The number of amides is 1. The summed E-state index contributed by atoms with van der Waals surface area (Å²) >= 11 is 13.5. The third-order valence-corrected chi connectivity index (χ3v) is 6.40. The molecule has 0 unspecified atom stereocenters. The van der Waals surface area contributed by atoms with Crippen LogP contribution < -0.4 is 4.90 Å². The van der Waals surface area contributed by atoms with E-state index in [2.05, 4.69) is 16.8 Å². The molecule has 1 aliphatic heterocycles. The number of carbonyl (C=O) groups excluding carboxylic acids is 1. The van der Waals surface area contributed by atoms with Crippen LogP contribution in [0, 0.1) is 0 Å². The Morgan fingerprint density at radius 3 is 2.53 bits per heavy atom. The first-order chi connectivity index (χ1) is 14.4. The van der Waals surface area contributed by atoms with Crippen molar-refractivity contribution in [2.75, 3.05) is 25.5 Å². The van der Waals surface area contributed by atoms with Crippen molar-refractivity contribution in [2.24, 2.45) is 10.2 Å². The van der Waals surface area contributed by atoms with Crippen molar-refractivity contribution in [1.82, 2.24) is 4.90 Å². The van der Waals surface area contributed by atoms with E-state index >= 15 is 0 Å². The first kappa shape index (κ1) is 22.4. The first-order valence-electron chi connectivity index (χ1n) is 9.30. The molecule has 1 amide bonds. The summed E-state index contributed by atoms with van der Waals surface area (Å²) in [5.41, 5.74) is 2.99. The van der Waals surface area contributed by atoms with E-state index in [-0.39, 0.29) is 11.2 Å². The molecule has 1 fully saturated rings. The highest BCUT2D eigenvalue weighted by Gasteiger charge is 2.37. The van der Waals surface area contributed by atoms with Crippen molar-refractivity contribution in [1.29, 1.82) is 0 Å². The molecule has 2 aromatic carbocycles. The highest BCUT2D eigenvalue weighted by Crippen LogP contribution is 2.31. The highest BCUT2D eigenvalue weighted by atomic mass is 35.5. The van der Waals surface area contributed by atoms with E-state index in [0.29, 0.717) is 28.2 Å². The number of hydrogen-bond donors (Lipinski definition) is 0. The lowest BCUT2D eigenvalue weighted by atomic mass is 10.1. The minimum absolute atomic E-state index is 0.0183. The van der Waals surface area contributed by atoms with Crippen LogP contribution in [0.5, 0.6) is 0 Å². The lowest BCUT2D eigenvalue weighted by molar-refractivity contribution is -0.125. The molecule has 1 saturated heterocycles. The lowest BCUT2D eigenvalue weighted by Crippen LogP contribution is -2.32. The zero-order chi connectivity index (χ0) is 21.7. The fourth-order valence-electron chi connectivity index (χ4n) is 2.90. The van der Waals surface area contributed by atoms with Gasteiger partial charge in [0.05, 0.1) is 21.5 Å². The maximum Gasteiger partial charge on any atom is 0.242 e. The molecule has 2 aromatic rings. The summed E-state index contributed by atoms with van der Waals surface area (Å²) in [6, 6.07) is 13.4. The van der Waals surface area contributed by atoms with Gasteiger partial charge in [-0.3, -0.25) is 9.69 Å². The average Bonchev–Trinajstić information content (AvgIpc) is 3.00. The molecular formula is C22H22Cl2N4OS. The van der Waals surface area contributed by atoms with Crippen molar-refractivity contribution in [3.8, 4) is 0 Å². The summed E-state index contributed by atoms with van der Waals surface area (Å²) in [6.45, 7) is 4.13. The van der Waals surface area contributed by atoms with E-state index < -0.39 is 0 Å². The number of hydrogen-bond acceptors (Lipinski definition) is 5. The third kappa shape index (κ3) is 5.45. The predicted octanol–water partition coefficient (Wildman–Crippen LogP) is 5.12. The first-order valence-corrected chi connectivity index (χ1v) is 10.9. The van der Waals surface area contributed by atoms with E-state index in [1.54, 1.807) is 29.3 Å². The normalized spacial score (nSPS) is 17.9. The van der Waals surface area contributed by atoms with Crippen LogP contribution >= 0.6 is 35.0 Å². The third-order valence-electron chi connectivity index (χ3n) is 4.50. The largest absolute Gasteiger partial charge is 0.378 e. The number of nitrogens with zero attached hydrogens (tertiary/aromatic N) is 4. The van der Waals surface area contributed by atoms with Crippen molar-refractivity contribution in [3.63, 3.8) is 0 Å². The van der Waals surface area contributed by atoms with Gasteiger partial charge in [0.15, 0.2) is 5.17 Å². The molecule has 8 heteroatoms. The van der Waals surface area contributed by atoms with Gasteiger partial charge < -0.3 is 4.90 Å². The van der Waals surface area contributed by atoms with Crippen LogP contribution in [0.15, 0.2) is 65.3 Å². The highest BCUT2D eigenvalue weighted by molar-refractivity contribution is 8.15. The van der Waals surface area contributed by atoms with Gasteiger partial charge in [0.2, 0.25) is 5.91 Å². The quantitative estimate of drug-likeness (QED) is 0.327. The molecule has 5 nitrogen and oxygen atoms in total. The van der Waals surface area contributed by atoms with Crippen molar-refractivity contribution < 1.29 is 4.79 Å². The Kier molecular flexibility index (Phi) is 7.58. The number of anilines is 1. The molecule has 0 saturated carbocycles. The van der Waals surface area contributed by atoms with E-state index in [1.165, 1.54) is 11.8 Å². The lowest BCUT2D eigenvalue weighted by Gasteiger charge is -2.13. The van der Waals surface area contributed by atoms with Gasteiger partial charge in [0.25, 0.3) is 0 Å². The van der Waals surface area contributed by atoms with Gasteiger partial charge in [-0.15, -0.1) is 11.7 Å². The number of carbonyl (C=O) groups is 1. The zero-order valence-corrected chi connectivity index (χ0v) is 19.1. The molecule has 1 atom stereocenters. The molecule has 0 spiro atoms. The van der Waals surface area contributed by atoms with Gasteiger partial charge in [-0.05, 0) is 41.8 Å². The molecule has 0 bridgehead atoms. The van der Waals surface area contributed by atoms with Crippen molar-refractivity contribution in [2.45, 2.75) is 11.7 Å². The van der Waals surface area contributed by atoms with Crippen LogP contribution in [0.2, 0.25) is 10.0 Å². The van der Waals surface area contributed by atoms with Gasteiger partial charge in [0.1, 0.15) is 0 Å². The van der Waals surface area contributed by atoms with Crippen LogP contribution in [0.25, 0.3) is 0 Å². The predicted molar refractivity (Wildman–Crippen MR) is 129 cm³/mol. The second-order valence-corrected chi connectivity index (χ2v) is 8.89. The van der Waals surface area contributed by atoms with Crippen LogP contribution in [-0.4, -0.2) is 48.1 Å². The topological polar surface area (TPSA) is 48.3 Å². The Labute approximate surface area is 191 Å². The Morgan fingerprint density at radius 2 is 1.90 bits per heavy atom. The second kappa shape index (κ2) is 10.2. The Bertz CT molecular complexity index is 989. The molecule has 0 aromatic heterocycles. The molecule has 30 heavy (non-hydrogen) atoms. The minimum Gasteiger partial charge on any atom is -0.378 e. The van der Waals surface area contributed by atoms with Crippen molar-refractivity contribution in [3.05, 3.63) is 76.3 Å². The van der Waals surface area contributed by atoms with Crippen LogP contribution in [0.4, 0.5) is 5.69 Å². The molecule has 156 valence electrons. The van der Waals surface area contributed by atoms with E-state index in [9.17, 15) is 4.79 Å². The van der Waals surface area contributed by atoms with Crippen molar-refractivity contribution >= 4 is 57.9 Å². The molecular weight excluding hydrogens is 439 g/mol. The number of halogens is 2. The summed E-state index contributed by atoms with van der Waals surface area (Å²) in [5.74, 6) is -0.0183. The van der Waals surface area contributed by atoms with E-state index in [1.807, 2.05) is 49.3 Å². The molecule has 3 rings (SSSR count). The van der Waals surface area contributed by atoms with E-state index in [4.69, 9.17) is 23.2 Å². The van der Waals surface area contributed by atoms with Crippen LogP contribution in [0.1, 0.15) is 11.1 Å². The maximum absolute atomic E-state index is 12.9. The van der Waals surface area contributed by atoms with Gasteiger partial charge in [0, 0.05) is 26.3 Å². The summed E-state index contributed by atoms with van der Waals surface area (Å²) in [4.78, 5) is 16.5. The number of benzene rings is 2. The molecule has 0 N–H and O–H groups in total. The molecule has 1 aliphatic rings. The van der Waals surface area contributed by atoms with Gasteiger partial charge in [-0.1, -0.05) is 59.2 Å². The van der Waals surface area contributed by atoms with E-state index in [0.717, 1.165) is 16.8 Å². The summed E-state index contributed by atoms with van der Waals surface area (Å²) in [5, 5.41) is 9.73. The van der Waals surface area contributed by atoms with Crippen LogP contribution in [-0.2, 0) is 11.2 Å². The van der Waals surface area contributed by atoms with Gasteiger partial charge in [-0.25, -0.2) is 0 Å². The van der Waals surface area contributed by atoms with Gasteiger partial charge in [-0.2, -0.15) is 5.10 Å². The second-order valence-electron chi connectivity index (χ2n) is 6.91.